The second-order valence-corrected chi connectivity index (χ2v) is 7.65. The van der Waals surface area contributed by atoms with Crippen molar-refractivity contribution in [3.05, 3.63) is 78.3 Å². The fraction of sp³-hybridized carbons (Fsp3) is 0.240. The zero-order valence-corrected chi connectivity index (χ0v) is 18.7. The number of esters is 1. The molecule has 0 unspecified atom stereocenters. The molecule has 176 valence electrons. The molecule has 0 spiro atoms. The van der Waals surface area contributed by atoms with Crippen LogP contribution in [0.1, 0.15) is 20.9 Å². The number of carbonyl (C=O) groups is 3. The molecule has 1 aliphatic rings. The van der Waals surface area contributed by atoms with E-state index in [1.807, 2.05) is 24.3 Å². The Balaban J connectivity index is 1.22. The van der Waals surface area contributed by atoms with Crippen LogP contribution >= 0.6 is 0 Å². The van der Waals surface area contributed by atoms with E-state index < -0.39 is 11.9 Å². The van der Waals surface area contributed by atoms with Crippen LogP contribution < -0.4 is 15.0 Å². The van der Waals surface area contributed by atoms with Gasteiger partial charge in [-0.15, -0.1) is 0 Å². The van der Waals surface area contributed by atoms with Gasteiger partial charge in [-0.05, 0) is 60.7 Å². The summed E-state index contributed by atoms with van der Waals surface area (Å²) < 4.78 is 15.4. The molecule has 2 heterocycles. The van der Waals surface area contributed by atoms with Gasteiger partial charge in [0.1, 0.15) is 5.75 Å². The average Bonchev–Trinajstić information content (AvgIpc) is 3.43. The smallest absolute Gasteiger partial charge is 0.338 e. The van der Waals surface area contributed by atoms with Crippen LogP contribution in [0, 0.1) is 0 Å². The Morgan fingerprint density at radius 3 is 2.26 bits per heavy atom. The zero-order chi connectivity index (χ0) is 23.9. The first-order chi connectivity index (χ1) is 16.5. The summed E-state index contributed by atoms with van der Waals surface area (Å²) in [5.74, 6) is -0.239. The van der Waals surface area contributed by atoms with E-state index in [-0.39, 0.29) is 23.8 Å². The van der Waals surface area contributed by atoms with Gasteiger partial charge < -0.3 is 29.0 Å². The van der Waals surface area contributed by atoms with E-state index in [2.05, 4.69) is 10.2 Å². The minimum absolute atomic E-state index is 0.187. The number of ether oxygens (including phenoxy) is 2. The highest BCUT2D eigenvalue weighted by atomic mass is 16.5. The summed E-state index contributed by atoms with van der Waals surface area (Å²) in [6.45, 7) is 2.16. The molecular formula is C25H25N3O6. The third-order valence-electron chi connectivity index (χ3n) is 5.52. The Morgan fingerprint density at radius 1 is 0.941 bits per heavy atom. The highest BCUT2D eigenvalue weighted by Crippen LogP contribution is 2.20. The first-order valence-corrected chi connectivity index (χ1v) is 10.8. The Labute approximate surface area is 196 Å². The van der Waals surface area contributed by atoms with E-state index >= 15 is 0 Å². The number of furan rings is 1. The van der Waals surface area contributed by atoms with Gasteiger partial charge >= 0.3 is 5.97 Å². The molecular weight excluding hydrogens is 438 g/mol. The van der Waals surface area contributed by atoms with Crippen molar-refractivity contribution in [3.8, 4) is 5.75 Å². The molecule has 9 heteroatoms. The number of piperazine rings is 1. The van der Waals surface area contributed by atoms with Gasteiger partial charge in [-0.1, -0.05) is 0 Å². The number of nitrogens with zero attached hydrogens (tertiary/aromatic N) is 2. The molecule has 1 aromatic heterocycles. The minimum atomic E-state index is -0.603. The number of carbonyl (C=O) groups excluding carboxylic acids is 3. The number of hydrogen-bond donors (Lipinski definition) is 1. The van der Waals surface area contributed by atoms with E-state index in [9.17, 15) is 14.4 Å². The molecule has 1 fully saturated rings. The molecule has 34 heavy (non-hydrogen) atoms. The number of nitrogens with one attached hydrogen (secondary N) is 1. The molecule has 1 aliphatic heterocycles. The van der Waals surface area contributed by atoms with Crippen LogP contribution in [0.2, 0.25) is 0 Å². The Hall–Kier alpha value is -4.27. The number of hydrogen-bond acceptors (Lipinski definition) is 7. The standard InChI is InChI=1S/C25H25N3O6/c1-32-21-10-8-20(9-11-21)27-12-14-28(15-13-27)23(29)17-34-25(31)18-4-6-19(7-5-18)26-24(30)22-3-2-16-33-22/h2-11,16H,12-15,17H2,1H3,(H,26,30). The first-order valence-electron chi connectivity index (χ1n) is 10.8. The summed E-state index contributed by atoms with van der Waals surface area (Å²) in [5.41, 5.74) is 1.86. The monoisotopic (exact) mass is 463 g/mol. The fourth-order valence-corrected chi connectivity index (χ4v) is 3.60. The number of benzene rings is 2. The lowest BCUT2D eigenvalue weighted by Gasteiger charge is -2.36. The molecule has 0 saturated carbocycles. The average molecular weight is 463 g/mol. The maximum atomic E-state index is 12.5. The number of anilines is 2. The van der Waals surface area contributed by atoms with Gasteiger partial charge in [0.05, 0.1) is 18.9 Å². The van der Waals surface area contributed by atoms with Crippen molar-refractivity contribution in [1.82, 2.24) is 4.90 Å². The van der Waals surface area contributed by atoms with Gasteiger partial charge in [0.15, 0.2) is 12.4 Å². The van der Waals surface area contributed by atoms with Crippen LogP contribution in [-0.4, -0.2) is 62.6 Å². The predicted molar refractivity (Wildman–Crippen MR) is 125 cm³/mol. The number of methoxy groups -OCH3 is 1. The topological polar surface area (TPSA) is 101 Å². The summed E-state index contributed by atoms with van der Waals surface area (Å²) >= 11 is 0. The Kier molecular flexibility index (Phi) is 7.12. The molecule has 0 atom stereocenters. The van der Waals surface area contributed by atoms with Crippen LogP contribution in [0.4, 0.5) is 11.4 Å². The lowest BCUT2D eigenvalue weighted by atomic mass is 10.2. The number of rotatable bonds is 7. The predicted octanol–water partition coefficient (Wildman–Crippen LogP) is 3.05. The van der Waals surface area contributed by atoms with Gasteiger partial charge in [0, 0.05) is 37.6 Å². The largest absolute Gasteiger partial charge is 0.497 e. The van der Waals surface area contributed by atoms with Gasteiger partial charge in [0.25, 0.3) is 11.8 Å². The van der Waals surface area contributed by atoms with Crippen LogP contribution in [0.3, 0.4) is 0 Å². The van der Waals surface area contributed by atoms with Crippen LogP contribution in [0.15, 0.2) is 71.3 Å². The molecule has 0 radical (unpaired) electrons. The van der Waals surface area contributed by atoms with Crippen molar-refractivity contribution in [3.63, 3.8) is 0 Å². The van der Waals surface area contributed by atoms with Gasteiger partial charge in [-0.3, -0.25) is 9.59 Å². The summed E-state index contributed by atoms with van der Waals surface area (Å²) in [7, 11) is 1.63. The number of amides is 2. The molecule has 2 amide bonds. The normalized spacial score (nSPS) is 13.3. The Morgan fingerprint density at radius 2 is 1.65 bits per heavy atom. The molecule has 9 nitrogen and oxygen atoms in total. The lowest BCUT2D eigenvalue weighted by Crippen LogP contribution is -2.49. The van der Waals surface area contributed by atoms with E-state index in [0.29, 0.717) is 31.9 Å². The Bertz CT molecular complexity index is 1120. The van der Waals surface area contributed by atoms with E-state index in [0.717, 1.165) is 11.4 Å². The minimum Gasteiger partial charge on any atom is -0.497 e. The molecule has 0 bridgehead atoms. The third kappa shape index (κ3) is 5.55. The van der Waals surface area contributed by atoms with E-state index in [4.69, 9.17) is 13.9 Å². The van der Waals surface area contributed by atoms with Gasteiger partial charge in [-0.2, -0.15) is 0 Å². The van der Waals surface area contributed by atoms with Gasteiger partial charge in [0.2, 0.25) is 0 Å². The molecule has 1 saturated heterocycles. The zero-order valence-electron chi connectivity index (χ0n) is 18.7. The molecule has 1 N–H and O–H groups in total. The summed E-state index contributed by atoms with van der Waals surface area (Å²) in [4.78, 5) is 40.7. The quantitative estimate of drug-likeness (QED) is 0.538. The van der Waals surface area contributed by atoms with E-state index in [1.165, 1.54) is 18.4 Å². The molecule has 4 rings (SSSR count). The van der Waals surface area contributed by atoms with Crippen molar-refractivity contribution >= 4 is 29.2 Å². The van der Waals surface area contributed by atoms with Crippen molar-refractivity contribution in [2.45, 2.75) is 0 Å². The summed E-state index contributed by atoms with van der Waals surface area (Å²) in [5, 5.41) is 2.67. The molecule has 0 aliphatic carbocycles. The first kappa shape index (κ1) is 22.9. The second-order valence-electron chi connectivity index (χ2n) is 7.65. The van der Waals surface area contributed by atoms with Crippen molar-refractivity contribution in [2.24, 2.45) is 0 Å². The highest BCUT2D eigenvalue weighted by Gasteiger charge is 2.22. The molecule has 2 aromatic carbocycles. The lowest BCUT2D eigenvalue weighted by molar-refractivity contribution is -0.134. The summed E-state index contributed by atoms with van der Waals surface area (Å²) in [6, 6.07) is 17.2. The fourth-order valence-electron chi connectivity index (χ4n) is 3.60. The third-order valence-corrected chi connectivity index (χ3v) is 5.52. The summed E-state index contributed by atoms with van der Waals surface area (Å²) in [6.07, 6.45) is 1.41. The highest BCUT2D eigenvalue weighted by molar-refractivity contribution is 6.02. The van der Waals surface area contributed by atoms with Crippen LogP contribution in [-0.2, 0) is 9.53 Å². The van der Waals surface area contributed by atoms with Crippen molar-refractivity contribution in [2.75, 3.05) is 50.1 Å². The van der Waals surface area contributed by atoms with Gasteiger partial charge in [-0.25, -0.2) is 4.79 Å². The molecule has 3 aromatic rings. The van der Waals surface area contributed by atoms with Crippen molar-refractivity contribution < 1.29 is 28.3 Å². The van der Waals surface area contributed by atoms with Crippen molar-refractivity contribution in [1.29, 1.82) is 0 Å². The van der Waals surface area contributed by atoms with E-state index in [1.54, 1.807) is 36.3 Å². The van der Waals surface area contributed by atoms with Crippen LogP contribution in [0.5, 0.6) is 5.75 Å². The second kappa shape index (κ2) is 10.6. The SMILES string of the molecule is COc1ccc(N2CCN(C(=O)COC(=O)c3ccc(NC(=O)c4ccco4)cc3)CC2)cc1. The maximum Gasteiger partial charge on any atom is 0.338 e. The van der Waals surface area contributed by atoms with Crippen LogP contribution in [0.25, 0.3) is 0 Å². The maximum absolute atomic E-state index is 12.5.